The average Bonchev–Trinajstić information content (AvgIpc) is 2.42. The predicted octanol–water partition coefficient (Wildman–Crippen LogP) is 4.21. The van der Waals surface area contributed by atoms with Gasteiger partial charge in [0.05, 0.1) is 5.02 Å². The third kappa shape index (κ3) is 3.85. The van der Waals surface area contributed by atoms with Gasteiger partial charge in [-0.2, -0.15) is 0 Å². The lowest BCUT2D eigenvalue weighted by Gasteiger charge is -2.12. The second-order valence-corrected chi connectivity index (χ2v) is 5.17. The number of nitrogens with two attached hydrogens (primary N) is 1. The molecule has 0 unspecified atom stereocenters. The molecule has 2 rings (SSSR count). The minimum absolute atomic E-state index is 0.0874. The van der Waals surface area contributed by atoms with Gasteiger partial charge in [0.25, 0.3) is 0 Å². The third-order valence-corrected chi connectivity index (χ3v) is 3.34. The molecule has 106 valence electrons. The van der Waals surface area contributed by atoms with Gasteiger partial charge >= 0.3 is 0 Å². The van der Waals surface area contributed by atoms with E-state index in [4.69, 9.17) is 33.7 Å². The van der Waals surface area contributed by atoms with Gasteiger partial charge in [0, 0.05) is 5.02 Å². The quantitative estimate of drug-likeness (QED) is 0.897. The van der Waals surface area contributed by atoms with Gasteiger partial charge in [0.1, 0.15) is 18.2 Å². The van der Waals surface area contributed by atoms with Gasteiger partial charge in [0.2, 0.25) is 0 Å². The first-order valence-electron chi connectivity index (χ1n) is 6.15. The molecule has 0 amide bonds. The van der Waals surface area contributed by atoms with Crippen molar-refractivity contribution >= 4 is 23.2 Å². The molecule has 2 N–H and O–H groups in total. The van der Waals surface area contributed by atoms with Gasteiger partial charge in [-0.25, -0.2) is 4.39 Å². The summed E-state index contributed by atoms with van der Waals surface area (Å²) in [7, 11) is 0. The van der Waals surface area contributed by atoms with E-state index in [9.17, 15) is 4.39 Å². The molecule has 0 aromatic heterocycles. The van der Waals surface area contributed by atoms with Crippen LogP contribution in [0.1, 0.15) is 11.1 Å². The van der Waals surface area contributed by atoms with E-state index in [-0.39, 0.29) is 5.02 Å². The standard InChI is InChI=1S/C15H14Cl2FNO/c16-12-2-4-15(11(8-12)5-6-19)20-9-10-1-3-14(18)13(17)7-10/h1-4,7-8H,5-6,9,19H2. The van der Waals surface area contributed by atoms with Gasteiger partial charge in [-0.3, -0.25) is 0 Å². The van der Waals surface area contributed by atoms with Crippen LogP contribution in [0.3, 0.4) is 0 Å². The lowest BCUT2D eigenvalue weighted by Crippen LogP contribution is -2.05. The molecule has 0 heterocycles. The van der Waals surface area contributed by atoms with Gasteiger partial charge in [-0.05, 0) is 54.4 Å². The van der Waals surface area contributed by atoms with E-state index in [1.54, 1.807) is 24.3 Å². The molecule has 5 heteroatoms. The van der Waals surface area contributed by atoms with Gasteiger partial charge in [0.15, 0.2) is 0 Å². The highest BCUT2D eigenvalue weighted by Crippen LogP contribution is 2.25. The fraction of sp³-hybridized carbons (Fsp3) is 0.200. The third-order valence-electron chi connectivity index (χ3n) is 2.81. The monoisotopic (exact) mass is 313 g/mol. The maximum Gasteiger partial charge on any atom is 0.141 e. The van der Waals surface area contributed by atoms with Crippen LogP contribution in [0.4, 0.5) is 4.39 Å². The molecule has 2 nitrogen and oxygen atoms in total. The second-order valence-electron chi connectivity index (χ2n) is 4.33. The largest absolute Gasteiger partial charge is 0.489 e. The van der Waals surface area contributed by atoms with Crippen LogP contribution in [0.15, 0.2) is 36.4 Å². The van der Waals surface area contributed by atoms with E-state index in [0.29, 0.717) is 24.6 Å². The summed E-state index contributed by atoms with van der Waals surface area (Å²) in [6.45, 7) is 0.818. The van der Waals surface area contributed by atoms with E-state index < -0.39 is 5.82 Å². The summed E-state index contributed by atoms with van der Waals surface area (Å²) in [6, 6.07) is 9.91. The zero-order valence-corrected chi connectivity index (χ0v) is 12.2. The number of halogens is 3. The Morgan fingerprint density at radius 1 is 1.10 bits per heavy atom. The first-order valence-corrected chi connectivity index (χ1v) is 6.91. The number of hydrogen-bond acceptors (Lipinski definition) is 2. The Morgan fingerprint density at radius 2 is 1.90 bits per heavy atom. The van der Waals surface area contributed by atoms with Crippen LogP contribution in [-0.4, -0.2) is 6.54 Å². The number of benzene rings is 2. The van der Waals surface area contributed by atoms with Crippen molar-refractivity contribution in [3.8, 4) is 5.75 Å². The first-order chi connectivity index (χ1) is 9.60. The Hall–Kier alpha value is -1.29. The zero-order chi connectivity index (χ0) is 14.5. The van der Waals surface area contributed by atoms with E-state index >= 15 is 0 Å². The Bertz CT molecular complexity index is 604. The molecule has 0 radical (unpaired) electrons. The molecule has 0 bridgehead atoms. The number of ether oxygens (including phenoxy) is 1. The molecular formula is C15H14Cl2FNO. The lowest BCUT2D eigenvalue weighted by atomic mass is 10.1. The number of rotatable bonds is 5. The van der Waals surface area contributed by atoms with Crippen molar-refractivity contribution in [3.05, 3.63) is 63.4 Å². The molecule has 20 heavy (non-hydrogen) atoms. The molecule has 0 aliphatic rings. The van der Waals surface area contributed by atoms with Gasteiger partial charge < -0.3 is 10.5 Å². The van der Waals surface area contributed by atoms with E-state index in [1.165, 1.54) is 6.07 Å². The predicted molar refractivity (Wildman–Crippen MR) is 80.0 cm³/mol. The molecule has 2 aromatic rings. The fourth-order valence-corrected chi connectivity index (χ4v) is 2.23. The summed E-state index contributed by atoms with van der Waals surface area (Å²) >= 11 is 11.7. The molecule has 0 aliphatic heterocycles. The second kappa shape index (κ2) is 6.93. The maximum atomic E-state index is 13.1. The van der Waals surface area contributed by atoms with Crippen molar-refractivity contribution in [2.24, 2.45) is 5.73 Å². The summed E-state index contributed by atoms with van der Waals surface area (Å²) < 4.78 is 18.8. The first kappa shape index (κ1) is 15.1. The molecule has 0 saturated carbocycles. The van der Waals surface area contributed by atoms with Crippen LogP contribution in [0.25, 0.3) is 0 Å². The van der Waals surface area contributed by atoms with E-state index in [1.807, 2.05) is 6.07 Å². The SMILES string of the molecule is NCCc1cc(Cl)ccc1OCc1ccc(F)c(Cl)c1. The van der Waals surface area contributed by atoms with E-state index in [0.717, 1.165) is 16.9 Å². The molecule has 0 atom stereocenters. The summed E-state index contributed by atoms with van der Waals surface area (Å²) in [6.07, 6.45) is 0.681. The van der Waals surface area contributed by atoms with Crippen LogP contribution in [-0.2, 0) is 13.0 Å². The molecule has 0 fully saturated rings. The van der Waals surface area contributed by atoms with Crippen molar-refractivity contribution < 1.29 is 9.13 Å². The fourth-order valence-electron chi connectivity index (χ4n) is 1.83. The molecule has 0 saturated heterocycles. The topological polar surface area (TPSA) is 35.2 Å². The molecule has 0 aliphatic carbocycles. The van der Waals surface area contributed by atoms with E-state index in [2.05, 4.69) is 0 Å². The van der Waals surface area contributed by atoms with Gasteiger partial charge in [-0.15, -0.1) is 0 Å². The summed E-state index contributed by atoms with van der Waals surface area (Å²) in [5.74, 6) is 0.283. The van der Waals surface area contributed by atoms with Crippen LogP contribution in [0.5, 0.6) is 5.75 Å². The summed E-state index contributed by atoms with van der Waals surface area (Å²) in [5.41, 5.74) is 7.31. The Morgan fingerprint density at radius 3 is 2.60 bits per heavy atom. The normalized spacial score (nSPS) is 10.6. The Labute approximate surface area is 127 Å². The maximum absolute atomic E-state index is 13.1. The van der Waals surface area contributed by atoms with Crippen molar-refractivity contribution in [2.75, 3.05) is 6.54 Å². The van der Waals surface area contributed by atoms with Crippen molar-refractivity contribution in [2.45, 2.75) is 13.0 Å². The van der Waals surface area contributed by atoms with Crippen LogP contribution >= 0.6 is 23.2 Å². The highest BCUT2D eigenvalue weighted by Gasteiger charge is 2.06. The van der Waals surface area contributed by atoms with Crippen LogP contribution < -0.4 is 10.5 Å². The molecule has 0 spiro atoms. The van der Waals surface area contributed by atoms with Crippen LogP contribution in [0, 0.1) is 5.82 Å². The highest BCUT2D eigenvalue weighted by atomic mass is 35.5. The van der Waals surface area contributed by atoms with Crippen molar-refractivity contribution in [3.63, 3.8) is 0 Å². The van der Waals surface area contributed by atoms with Crippen molar-refractivity contribution in [1.82, 2.24) is 0 Å². The minimum atomic E-state index is -0.439. The number of hydrogen-bond donors (Lipinski definition) is 1. The lowest BCUT2D eigenvalue weighted by molar-refractivity contribution is 0.303. The molecular weight excluding hydrogens is 300 g/mol. The smallest absolute Gasteiger partial charge is 0.141 e. The average molecular weight is 314 g/mol. The van der Waals surface area contributed by atoms with Crippen LogP contribution in [0.2, 0.25) is 10.0 Å². The molecule has 2 aromatic carbocycles. The summed E-state index contributed by atoms with van der Waals surface area (Å²) in [4.78, 5) is 0. The van der Waals surface area contributed by atoms with Crippen molar-refractivity contribution in [1.29, 1.82) is 0 Å². The Balaban J connectivity index is 2.11. The Kier molecular flexibility index (Phi) is 5.24. The van der Waals surface area contributed by atoms with Gasteiger partial charge in [-0.1, -0.05) is 29.3 Å². The zero-order valence-electron chi connectivity index (χ0n) is 10.7. The highest BCUT2D eigenvalue weighted by molar-refractivity contribution is 6.31. The minimum Gasteiger partial charge on any atom is -0.489 e. The summed E-state index contributed by atoms with van der Waals surface area (Å²) in [5, 5.41) is 0.731.